The largest absolute Gasteiger partial charge is 0.462 e. The summed E-state index contributed by atoms with van der Waals surface area (Å²) in [6, 6.07) is 0. The average Bonchev–Trinajstić information content (AvgIpc) is 3.41. The van der Waals surface area contributed by atoms with E-state index in [1.807, 2.05) is 0 Å². The number of hydrogen-bond donors (Lipinski definition) is 0. The molecule has 4 aliphatic rings. The van der Waals surface area contributed by atoms with Crippen LogP contribution in [-0.2, 0) is 9.53 Å². The van der Waals surface area contributed by atoms with Crippen LogP contribution >= 0.6 is 0 Å². The molecular weight excluding hydrogens is 572 g/mol. The molecule has 0 aromatic carbocycles. The van der Waals surface area contributed by atoms with Gasteiger partial charge in [0, 0.05) is 12.8 Å². The molecule has 0 saturated heterocycles. The Morgan fingerprint density at radius 3 is 2.26 bits per heavy atom. The van der Waals surface area contributed by atoms with Crippen molar-refractivity contribution in [3.8, 4) is 0 Å². The van der Waals surface area contributed by atoms with Gasteiger partial charge in [-0.05, 0) is 136 Å². The fourth-order valence-electron chi connectivity index (χ4n) is 11.1. The van der Waals surface area contributed by atoms with E-state index in [1.165, 1.54) is 103 Å². The van der Waals surface area contributed by atoms with Crippen molar-refractivity contribution < 1.29 is 9.53 Å². The van der Waals surface area contributed by atoms with Gasteiger partial charge in [0.25, 0.3) is 0 Å². The molecule has 9 atom stereocenters. The lowest BCUT2D eigenvalue weighted by atomic mass is 9.47. The molecule has 0 N–H and O–H groups in total. The van der Waals surface area contributed by atoms with Crippen molar-refractivity contribution in [2.45, 2.75) is 189 Å². The lowest BCUT2D eigenvalue weighted by Crippen LogP contribution is -2.51. The zero-order valence-corrected chi connectivity index (χ0v) is 32.2. The van der Waals surface area contributed by atoms with Gasteiger partial charge in [-0.1, -0.05) is 123 Å². The summed E-state index contributed by atoms with van der Waals surface area (Å²) in [7, 11) is 0. The molecule has 0 bridgehead atoms. The minimum Gasteiger partial charge on any atom is -0.462 e. The van der Waals surface area contributed by atoms with Gasteiger partial charge in [0.2, 0.25) is 0 Å². The maximum absolute atomic E-state index is 12.8. The zero-order valence-electron chi connectivity index (χ0n) is 32.2. The van der Waals surface area contributed by atoms with Crippen LogP contribution < -0.4 is 0 Å². The van der Waals surface area contributed by atoms with Crippen molar-refractivity contribution in [1.82, 2.24) is 0 Å². The predicted molar refractivity (Wildman–Crippen MR) is 202 cm³/mol. The van der Waals surface area contributed by atoms with Gasteiger partial charge in [-0.25, -0.2) is 0 Å². The summed E-state index contributed by atoms with van der Waals surface area (Å²) in [6.45, 7) is 17.2. The van der Waals surface area contributed by atoms with Gasteiger partial charge in [-0.2, -0.15) is 0 Å². The minimum absolute atomic E-state index is 0.0474. The molecular formula is C45H76O2. The maximum atomic E-state index is 12.8. The number of unbranched alkanes of at least 4 members (excludes halogenated alkanes) is 9. The lowest BCUT2D eigenvalue weighted by molar-refractivity contribution is -0.151. The van der Waals surface area contributed by atoms with Crippen LogP contribution in [0.4, 0.5) is 0 Å². The molecule has 0 radical (unpaired) electrons. The standard InChI is InChI=1S/C45H76O2/c1-8-10-11-12-13-14-15-16-17-18-19-20-21-22-43(46)47-38-29-31-44(6)37(33-38)25-26-39-41-28-27-40(45(41,7)32-30-42(39)44)35(5)23-24-36(9-2)34(3)4/h14-15,23-25,34-36,38-42H,8-13,16-22,26-33H2,1-7H3/b15-14+,24-23+/t35-,36-,38+,39+,40-,41+,42+,44+,45-/m1/s1. The Morgan fingerprint density at radius 2 is 1.55 bits per heavy atom. The van der Waals surface area contributed by atoms with E-state index in [-0.39, 0.29) is 12.1 Å². The molecule has 2 heteroatoms. The van der Waals surface area contributed by atoms with E-state index in [4.69, 9.17) is 4.74 Å². The number of ether oxygens (including phenoxy) is 1. The van der Waals surface area contributed by atoms with Crippen LogP contribution in [0.3, 0.4) is 0 Å². The number of rotatable bonds is 19. The predicted octanol–water partition coefficient (Wildman–Crippen LogP) is 13.6. The third-order valence-corrected chi connectivity index (χ3v) is 14.2. The first-order valence-electron chi connectivity index (χ1n) is 20.9. The van der Waals surface area contributed by atoms with Gasteiger partial charge in [0.1, 0.15) is 6.10 Å². The van der Waals surface area contributed by atoms with Crippen molar-refractivity contribution in [3.05, 3.63) is 36.0 Å². The SMILES string of the molecule is CCCCCC/C=C/CCCCCCCC(=O)O[C@H]1CC[C@@]2(C)C(=CC[C@H]3[C@@H]4CC[C@H]([C@H](C)/C=C/[C@@H](CC)C(C)C)[C@@]4(C)CC[C@@H]32)C1. The van der Waals surface area contributed by atoms with Gasteiger partial charge in [0.15, 0.2) is 0 Å². The summed E-state index contributed by atoms with van der Waals surface area (Å²) in [5.74, 6) is 5.53. The number of allylic oxidation sites excluding steroid dienone is 5. The highest BCUT2D eigenvalue weighted by molar-refractivity contribution is 5.69. The van der Waals surface area contributed by atoms with Crippen molar-refractivity contribution >= 4 is 5.97 Å². The molecule has 4 rings (SSSR count). The summed E-state index contributed by atoms with van der Waals surface area (Å²) >= 11 is 0. The Bertz CT molecular complexity index is 1030. The minimum atomic E-state index is 0.0474. The highest BCUT2D eigenvalue weighted by Gasteiger charge is 2.59. The van der Waals surface area contributed by atoms with E-state index in [9.17, 15) is 4.79 Å². The van der Waals surface area contributed by atoms with Crippen molar-refractivity contribution in [3.63, 3.8) is 0 Å². The van der Waals surface area contributed by atoms with Gasteiger partial charge < -0.3 is 4.74 Å². The van der Waals surface area contributed by atoms with Crippen molar-refractivity contribution in [2.75, 3.05) is 0 Å². The smallest absolute Gasteiger partial charge is 0.306 e. The second-order valence-electron chi connectivity index (χ2n) is 17.5. The molecule has 47 heavy (non-hydrogen) atoms. The summed E-state index contributed by atoms with van der Waals surface area (Å²) in [5, 5.41) is 0. The Labute approximate surface area is 292 Å². The third kappa shape index (κ3) is 9.90. The van der Waals surface area contributed by atoms with Gasteiger partial charge >= 0.3 is 5.97 Å². The van der Waals surface area contributed by atoms with Crippen LogP contribution in [0, 0.1) is 52.3 Å². The highest BCUT2D eigenvalue weighted by Crippen LogP contribution is 2.67. The summed E-state index contributed by atoms with van der Waals surface area (Å²) in [4.78, 5) is 12.8. The Kier molecular flexibility index (Phi) is 15.2. The molecule has 0 aromatic heterocycles. The fraction of sp³-hybridized carbons (Fsp3) is 0.844. The highest BCUT2D eigenvalue weighted by atomic mass is 16.5. The monoisotopic (exact) mass is 649 g/mol. The number of carbonyl (C=O) groups is 1. The molecule has 2 nitrogen and oxygen atoms in total. The molecule has 0 heterocycles. The number of hydrogen-bond acceptors (Lipinski definition) is 2. The zero-order chi connectivity index (χ0) is 33.9. The Hall–Kier alpha value is -1.31. The van der Waals surface area contributed by atoms with Gasteiger partial charge in [0.05, 0.1) is 0 Å². The van der Waals surface area contributed by atoms with Crippen LogP contribution in [0.5, 0.6) is 0 Å². The first-order valence-corrected chi connectivity index (χ1v) is 20.9. The van der Waals surface area contributed by atoms with E-state index in [0.717, 1.165) is 55.3 Å². The first-order chi connectivity index (χ1) is 22.6. The Morgan fingerprint density at radius 1 is 0.851 bits per heavy atom. The maximum Gasteiger partial charge on any atom is 0.306 e. The van der Waals surface area contributed by atoms with E-state index < -0.39 is 0 Å². The number of fused-ring (bicyclic) bond motifs is 5. The van der Waals surface area contributed by atoms with Crippen LogP contribution in [0.1, 0.15) is 183 Å². The van der Waals surface area contributed by atoms with E-state index in [0.29, 0.717) is 29.1 Å². The normalized spacial score (nSPS) is 33.4. The molecule has 0 amide bonds. The molecule has 0 aliphatic heterocycles. The Balaban J connectivity index is 1.19. The molecule has 0 unspecified atom stereocenters. The van der Waals surface area contributed by atoms with Crippen molar-refractivity contribution in [1.29, 1.82) is 0 Å². The second kappa shape index (κ2) is 18.6. The molecule has 268 valence electrons. The van der Waals surface area contributed by atoms with Crippen LogP contribution in [0.25, 0.3) is 0 Å². The van der Waals surface area contributed by atoms with Crippen LogP contribution in [0.2, 0.25) is 0 Å². The molecule has 3 fully saturated rings. The number of esters is 1. The van der Waals surface area contributed by atoms with Gasteiger partial charge in [-0.15, -0.1) is 0 Å². The molecule has 4 aliphatic carbocycles. The molecule has 0 spiro atoms. The fourth-order valence-corrected chi connectivity index (χ4v) is 11.1. The van der Waals surface area contributed by atoms with E-state index >= 15 is 0 Å². The molecule has 3 saturated carbocycles. The average molecular weight is 649 g/mol. The van der Waals surface area contributed by atoms with Crippen LogP contribution in [-0.4, -0.2) is 12.1 Å². The topological polar surface area (TPSA) is 26.3 Å². The lowest BCUT2D eigenvalue weighted by Gasteiger charge is -2.58. The van der Waals surface area contributed by atoms with Crippen molar-refractivity contribution in [2.24, 2.45) is 52.3 Å². The van der Waals surface area contributed by atoms with E-state index in [1.54, 1.807) is 5.57 Å². The van der Waals surface area contributed by atoms with Gasteiger partial charge in [-0.3, -0.25) is 4.79 Å². The van der Waals surface area contributed by atoms with Crippen LogP contribution in [0.15, 0.2) is 36.0 Å². The summed E-state index contributed by atoms with van der Waals surface area (Å²) < 4.78 is 6.12. The first kappa shape index (κ1) is 38.5. The quantitative estimate of drug-likeness (QED) is 0.0791. The molecule has 0 aromatic rings. The summed E-state index contributed by atoms with van der Waals surface area (Å²) in [6.07, 6.45) is 38.4. The number of carbonyl (C=O) groups excluding carboxylic acids is 1. The third-order valence-electron chi connectivity index (χ3n) is 14.2. The van der Waals surface area contributed by atoms with E-state index in [2.05, 4.69) is 78.8 Å². The summed E-state index contributed by atoms with van der Waals surface area (Å²) in [5.41, 5.74) is 2.43. The second-order valence-corrected chi connectivity index (χ2v) is 17.5.